The van der Waals surface area contributed by atoms with Gasteiger partial charge < -0.3 is 11.1 Å². The third-order valence-electron chi connectivity index (χ3n) is 3.17. The molecule has 0 saturated carbocycles. The largest absolute Gasteiger partial charge is 0.383 e. The molecule has 20 heavy (non-hydrogen) atoms. The molecule has 2 aromatic rings. The van der Waals surface area contributed by atoms with Gasteiger partial charge in [0.25, 0.3) is 0 Å². The first-order valence-corrected chi connectivity index (χ1v) is 6.84. The molecule has 2 aromatic heterocycles. The highest BCUT2D eigenvalue weighted by atomic mass is 15.1. The van der Waals surface area contributed by atoms with E-state index in [1.54, 1.807) is 12.4 Å². The number of pyridine rings is 1. The number of nitrogen functional groups attached to an aromatic ring is 1. The van der Waals surface area contributed by atoms with E-state index in [1.807, 2.05) is 19.1 Å². The number of nitrogens with two attached hydrogens (primary N) is 1. The number of nitrogens with one attached hydrogen (secondary N) is 1. The van der Waals surface area contributed by atoms with Crippen molar-refractivity contribution in [3.8, 4) is 0 Å². The van der Waals surface area contributed by atoms with Crippen LogP contribution in [-0.2, 0) is 6.42 Å². The maximum atomic E-state index is 5.94. The van der Waals surface area contributed by atoms with Gasteiger partial charge in [-0.3, -0.25) is 4.98 Å². The zero-order valence-corrected chi connectivity index (χ0v) is 12.2. The zero-order valence-electron chi connectivity index (χ0n) is 12.2. The van der Waals surface area contributed by atoms with Crippen LogP contribution >= 0.6 is 0 Å². The van der Waals surface area contributed by atoms with E-state index in [0.29, 0.717) is 5.82 Å². The Balaban J connectivity index is 2.05. The monoisotopic (exact) mass is 271 g/mol. The summed E-state index contributed by atoms with van der Waals surface area (Å²) in [5.74, 6) is 2.42. The lowest BCUT2D eigenvalue weighted by Crippen LogP contribution is -2.12. The van der Waals surface area contributed by atoms with E-state index in [2.05, 4.69) is 34.1 Å². The van der Waals surface area contributed by atoms with E-state index in [0.717, 1.165) is 30.2 Å². The number of anilines is 2. The molecule has 0 radical (unpaired) electrons. The molecule has 0 fully saturated rings. The highest BCUT2D eigenvalue weighted by molar-refractivity contribution is 5.55. The molecule has 2 heterocycles. The van der Waals surface area contributed by atoms with Gasteiger partial charge in [0, 0.05) is 30.4 Å². The third-order valence-corrected chi connectivity index (χ3v) is 3.17. The molecular weight excluding hydrogens is 250 g/mol. The normalized spacial score (nSPS) is 10.8. The summed E-state index contributed by atoms with van der Waals surface area (Å²) in [6.07, 6.45) is 4.53. The van der Waals surface area contributed by atoms with Crippen LogP contribution in [0.4, 0.5) is 11.6 Å². The number of hydrogen-bond donors (Lipinski definition) is 2. The second-order valence-electron chi connectivity index (χ2n) is 5.13. The summed E-state index contributed by atoms with van der Waals surface area (Å²) in [4.78, 5) is 12.9. The minimum Gasteiger partial charge on any atom is -0.383 e. The van der Waals surface area contributed by atoms with Crippen molar-refractivity contribution < 1.29 is 0 Å². The van der Waals surface area contributed by atoms with Crippen LogP contribution in [0, 0.1) is 6.92 Å². The molecule has 0 unspecified atom stereocenters. The Hall–Kier alpha value is -2.17. The summed E-state index contributed by atoms with van der Waals surface area (Å²) >= 11 is 0. The lowest BCUT2D eigenvalue weighted by atomic mass is 10.2. The van der Waals surface area contributed by atoms with Gasteiger partial charge in [0.1, 0.15) is 17.5 Å². The maximum absolute atomic E-state index is 5.94. The fourth-order valence-electron chi connectivity index (χ4n) is 1.86. The molecule has 0 aliphatic rings. The quantitative estimate of drug-likeness (QED) is 0.874. The van der Waals surface area contributed by atoms with Gasteiger partial charge in [0.2, 0.25) is 0 Å². The number of hydrogen-bond acceptors (Lipinski definition) is 5. The van der Waals surface area contributed by atoms with Crippen LogP contribution < -0.4 is 11.1 Å². The van der Waals surface area contributed by atoms with E-state index in [9.17, 15) is 0 Å². The highest BCUT2D eigenvalue weighted by Crippen LogP contribution is 2.20. The van der Waals surface area contributed by atoms with Gasteiger partial charge >= 0.3 is 0 Å². The van der Waals surface area contributed by atoms with Crippen LogP contribution in [-0.4, -0.2) is 21.5 Å². The highest BCUT2D eigenvalue weighted by Gasteiger charge is 2.10. The second-order valence-corrected chi connectivity index (χ2v) is 5.13. The lowest BCUT2D eigenvalue weighted by Gasteiger charge is -2.13. The predicted octanol–water partition coefficient (Wildman–Crippen LogP) is 2.54. The van der Waals surface area contributed by atoms with Crippen LogP contribution in [0.25, 0.3) is 0 Å². The Morgan fingerprint density at radius 3 is 2.55 bits per heavy atom. The van der Waals surface area contributed by atoms with Crippen molar-refractivity contribution in [3.05, 3.63) is 41.5 Å². The molecular formula is C15H21N5. The first kappa shape index (κ1) is 14.2. The SMILES string of the molecule is Cc1c(N)nc(C(C)C)nc1NCCc1ccncc1. The van der Waals surface area contributed by atoms with Crippen molar-refractivity contribution in [3.63, 3.8) is 0 Å². The average Bonchev–Trinajstić information content (AvgIpc) is 2.44. The molecule has 0 saturated heterocycles. The first-order valence-electron chi connectivity index (χ1n) is 6.84. The van der Waals surface area contributed by atoms with Crippen molar-refractivity contribution in [2.75, 3.05) is 17.6 Å². The molecule has 0 aliphatic carbocycles. The summed E-state index contributed by atoms with van der Waals surface area (Å²) in [7, 11) is 0. The van der Waals surface area contributed by atoms with Gasteiger partial charge in [-0.05, 0) is 31.0 Å². The topological polar surface area (TPSA) is 76.7 Å². The van der Waals surface area contributed by atoms with Crippen LogP contribution in [0.3, 0.4) is 0 Å². The van der Waals surface area contributed by atoms with E-state index in [4.69, 9.17) is 5.73 Å². The summed E-state index contributed by atoms with van der Waals surface area (Å²) in [6, 6.07) is 4.03. The minimum absolute atomic E-state index is 0.263. The summed E-state index contributed by atoms with van der Waals surface area (Å²) in [5.41, 5.74) is 8.10. The molecule has 0 atom stereocenters. The standard InChI is InChI=1S/C15H21N5/c1-10(2)14-19-13(16)11(3)15(20-14)18-9-6-12-4-7-17-8-5-12/h4-5,7-8,10H,6,9H2,1-3H3,(H3,16,18,19,20). The maximum Gasteiger partial charge on any atom is 0.135 e. The van der Waals surface area contributed by atoms with Crippen molar-refractivity contribution in [1.82, 2.24) is 15.0 Å². The van der Waals surface area contributed by atoms with Crippen molar-refractivity contribution in [1.29, 1.82) is 0 Å². The molecule has 0 bridgehead atoms. The molecule has 0 aliphatic heterocycles. The van der Waals surface area contributed by atoms with Crippen molar-refractivity contribution in [2.24, 2.45) is 0 Å². The molecule has 0 aromatic carbocycles. The predicted molar refractivity (Wildman–Crippen MR) is 81.7 cm³/mol. The van der Waals surface area contributed by atoms with Gasteiger partial charge in [0.05, 0.1) is 0 Å². The molecule has 0 spiro atoms. The van der Waals surface area contributed by atoms with Gasteiger partial charge in [0.15, 0.2) is 0 Å². The number of nitrogens with zero attached hydrogens (tertiary/aromatic N) is 3. The Bertz CT molecular complexity index is 566. The first-order chi connectivity index (χ1) is 9.58. The smallest absolute Gasteiger partial charge is 0.135 e. The van der Waals surface area contributed by atoms with Crippen LogP contribution in [0.5, 0.6) is 0 Å². The van der Waals surface area contributed by atoms with E-state index < -0.39 is 0 Å². The molecule has 2 rings (SSSR count). The molecule has 5 nitrogen and oxygen atoms in total. The molecule has 5 heteroatoms. The summed E-state index contributed by atoms with van der Waals surface area (Å²) in [6.45, 7) is 6.86. The minimum atomic E-state index is 0.263. The second kappa shape index (κ2) is 6.32. The zero-order chi connectivity index (χ0) is 14.5. The van der Waals surface area contributed by atoms with E-state index in [1.165, 1.54) is 5.56 Å². The van der Waals surface area contributed by atoms with Crippen molar-refractivity contribution in [2.45, 2.75) is 33.1 Å². The van der Waals surface area contributed by atoms with Gasteiger partial charge in [-0.2, -0.15) is 0 Å². The lowest BCUT2D eigenvalue weighted by molar-refractivity contribution is 0.774. The fourth-order valence-corrected chi connectivity index (χ4v) is 1.86. The molecule has 3 N–H and O–H groups in total. The third kappa shape index (κ3) is 3.44. The van der Waals surface area contributed by atoms with Gasteiger partial charge in [-0.25, -0.2) is 9.97 Å². The van der Waals surface area contributed by atoms with Crippen LogP contribution in [0.2, 0.25) is 0 Å². The van der Waals surface area contributed by atoms with Crippen LogP contribution in [0.15, 0.2) is 24.5 Å². The van der Waals surface area contributed by atoms with Crippen molar-refractivity contribution >= 4 is 11.6 Å². The number of aromatic nitrogens is 3. The molecule has 106 valence electrons. The summed E-state index contributed by atoms with van der Waals surface area (Å²) < 4.78 is 0. The Morgan fingerprint density at radius 2 is 1.90 bits per heavy atom. The Labute approximate surface area is 119 Å². The molecule has 0 amide bonds. The summed E-state index contributed by atoms with van der Waals surface area (Å²) in [5, 5.41) is 3.35. The van der Waals surface area contributed by atoms with Crippen LogP contribution in [0.1, 0.15) is 36.7 Å². The fraction of sp³-hybridized carbons (Fsp3) is 0.400. The average molecular weight is 271 g/mol. The van der Waals surface area contributed by atoms with Gasteiger partial charge in [-0.15, -0.1) is 0 Å². The van der Waals surface area contributed by atoms with E-state index in [-0.39, 0.29) is 5.92 Å². The van der Waals surface area contributed by atoms with Gasteiger partial charge in [-0.1, -0.05) is 13.8 Å². The number of rotatable bonds is 5. The Morgan fingerprint density at radius 1 is 1.20 bits per heavy atom. The Kier molecular flexibility index (Phi) is 4.50. The van der Waals surface area contributed by atoms with E-state index >= 15 is 0 Å².